The Kier molecular flexibility index (Phi) is 7.91. The molecule has 1 aromatic heterocycles. The molecule has 0 bridgehead atoms. The fourth-order valence-corrected chi connectivity index (χ4v) is 4.18. The Balaban J connectivity index is 1.47. The number of nitrogens with zero attached hydrogens (tertiary/aromatic N) is 2. The predicted octanol–water partition coefficient (Wildman–Crippen LogP) is 4.79. The summed E-state index contributed by atoms with van der Waals surface area (Å²) in [5.74, 6) is -0.946. The van der Waals surface area contributed by atoms with Gasteiger partial charge in [0.15, 0.2) is 0 Å². The summed E-state index contributed by atoms with van der Waals surface area (Å²) in [6.45, 7) is 0. The van der Waals surface area contributed by atoms with Gasteiger partial charge < -0.3 is 4.84 Å². The molecule has 0 spiro atoms. The molecule has 3 aromatic rings. The summed E-state index contributed by atoms with van der Waals surface area (Å²) in [5.41, 5.74) is 2.71. The van der Waals surface area contributed by atoms with Crippen LogP contribution in [0.3, 0.4) is 0 Å². The minimum atomic E-state index is -0.789. The third-order valence-corrected chi connectivity index (χ3v) is 5.91. The highest BCUT2D eigenvalue weighted by Gasteiger charge is 2.36. The lowest BCUT2D eigenvalue weighted by Gasteiger charge is -2.25. The first-order valence-corrected chi connectivity index (χ1v) is 11.0. The Morgan fingerprint density at radius 3 is 2.39 bits per heavy atom. The number of rotatable bonds is 9. The number of amides is 1. The van der Waals surface area contributed by atoms with Gasteiger partial charge >= 0.3 is 5.97 Å². The van der Waals surface area contributed by atoms with Crippen molar-refractivity contribution in [3.63, 3.8) is 0 Å². The van der Waals surface area contributed by atoms with E-state index in [9.17, 15) is 14.9 Å². The fraction of sp³-hybridized carbons (Fsp3) is 0.250. The number of hydroxylamine groups is 1. The monoisotopic (exact) mass is 433 g/mol. The minimum absolute atomic E-state index is 0.240. The van der Waals surface area contributed by atoms with Gasteiger partial charge in [-0.05, 0) is 30.5 Å². The summed E-state index contributed by atoms with van der Waals surface area (Å²) in [5, 5.41) is 12.7. The molecule has 6 nitrogen and oxygen atoms in total. The largest absolute Gasteiger partial charge is 0.362 e. The zero-order chi connectivity index (χ0) is 21.9. The smallest absolute Gasteiger partial charge is 0.335 e. The Hall–Kier alpha value is -3.50. The van der Waals surface area contributed by atoms with Crippen LogP contribution in [-0.2, 0) is 15.0 Å². The molecular formula is C24H23N3O3S. The number of aromatic nitrogens is 1. The van der Waals surface area contributed by atoms with E-state index in [1.165, 1.54) is 11.3 Å². The number of unbranched alkanes of at least 4 members (excludes halogenated alkanes) is 2. The van der Waals surface area contributed by atoms with Crippen LogP contribution in [0.5, 0.6) is 0 Å². The minimum Gasteiger partial charge on any atom is -0.335 e. The first-order chi connectivity index (χ1) is 15.2. The van der Waals surface area contributed by atoms with E-state index in [2.05, 4.69) is 16.5 Å². The topological polar surface area (TPSA) is 92.1 Å². The van der Waals surface area contributed by atoms with Crippen LogP contribution in [0.25, 0.3) is 0 Å². The first kappa shape index (κ1) is 22.2. The summed E-state index contributed by atoms with van der Waals surface area (Å²) in [6.07, 6.45) is 4.73. The van der Waals surface area contributed by atoms with Gasteiger partial charge in [-0.25, -0.2) is 9.78 Å². The number of hydrogen-bond acceptors (Lipinski definition) is 6. The summed E-state index contributed by atoms with van der Waals surface area (Å²) >= 11 is 1.48. The van der Waals surface area contributed by atoms with Crippen molar-refractivity contribution in [3.05, 3.63) is 88.4 Å². The standard InChI is InChI=1S/C24H23N3O3S/c25-18-24(23-26-16-17-31-23,20-12-6-2-7-13-20)15-9-3-8-14-21(28)27-30-22(29)19-10-4-1-5-11-19/h1-2,4-7,10-13,16-17H,3,8-9,14-15H2,(H,27,28). The number of carbonyl (C=O) groups excluding carboxylic acids is 2. The van der Waals surface area contributed by atoms with E-state index in [0.29, 0.717) is 18.4 Å². The van der Waals surface area contributed by atoms with Crippen LogP contribution >= 0.6 is 11.3 Å². The molecule has 7 heteroatoms. The van der Waals surface area contributed by atoms with Gasteiger partial charge in [0.1, 0.15) is 10.4 Å². The number of nitriles is 1. The Morgan fingerprint density at radius 1 is 1.03 bits per heavy atom. The van der Waals surface area contributed by atoms with Gasteiger partial charge in [0.25, 0.3) is 5.91 Å². The van der Waals surface area contributed by atoms with Gasteiger partial charge in [0.2, 0.25) is 0 Å². The van der Waals surface area contributed by atoms with Crippen molar-refractivity contribution in [3.8, 4) is 6.07 Å². The molecule has 1 unspecified atom stereocenters. The normalized spacial score (nSPS) is 12.4. The van der Waals surface area contributed by atoms with Crippen molar-refractivity contribution < 1.29 is 14.4 Å². The number of thiazole rings is 1. The van der Waals surface area contributed by atoms with E-state index >= 15 is 0 Å². The number of carbonyl (C=O) groups is 2. The molecule has 31 heavy (non-hydrogen) atoms. The maximum atomic E-state index is 12.0. The predicted molar refractivity (Wildman–Crippen MR) is 118 cm³/mol. The molecular weight excluding hydrogens is 410 g/mol. The Morgan fingerprint density at radius 2 is 1.74 bits per heavy atom. The second kappa shape index (κ2) is 11.0. The molecule has 2 aromatic carbocycles. The molecule has 1 atom stereocenters. The zero-order valence-electron chi connectivity index (χ0n) is 17.0. The highest BCUT2D eigenvalue weighted by Crippen LogP contribution is 2.37. The molecule has 0 aliphatic rings. The molecule has 0 fully saturated rings. The third-order valence-electron chi connectivity index (χ3n) is 4.98. The molecule has 158 valence electrons. The van der Waals surface area contributed by atoms with Gasteiger partial charge in [-0.15, -0.1) is 11.3 Å². The number of benzene rings is 2. The van der Waals surface area contributed by atoms with Gasteiger partial charge in [-0.1, -0.05) is 61.4 Å². The lowest BCUT2D eigenvalue weighted by Crippen LogP contribution is -2.27. The highest BCUT2D eigenvalue weighted by molar-refractivity contribution is 7.09. The quantitative estimate of drug-likeness (QED) is 0.387. The molecule has 0 saturated heterocycles. The Bertz CT molecular complexity index is 1020. The van der Waals surface area contributed by atoms with Crippen molar-refractivity contribution in [2.24, 2.45) is 0 Å². The summed E-state index contributed by atoms with van der Waals surface area (Å²) < 4.78 is 0. The fourth-order valence-electron chi connectivity index (χ4n) is 3.34. The van der Waals surface area contributed by atoms with Crippen LogP contribution < -0.4 is 5.48 Å². The molecule has 1 N–H and O–H groups in total. The van der Waals surface area contributed by atoms with Gasteiger partial charge in [-0.3, -0.25) is 4.79 Å². The maximum Gasteiger partial charge on any atom is 0.362 e. The zero-order valence-corrected chi connectivity index (χ0v) is 17.8. The average Bonchev–Trinajstić information content (AvgIpc) is 3.36. The van der Waals surface area contributed by atoms with E-state index < -0.39 is 11.4 Å². The number of nitrogens with one attached hydrogen (secondary N) is 1. The SMILES string of the molecule is N#CC(CCCCCC(=O)NOC(=O)c1ccccc1)(c1ccccc1)c1nccs1. The van der Waals surface area contributed by atoms with Crippen LogP contribution in [-0.4, -0.2) is 16.9 Å². The third kappa shape index (κ3) is 5.77. The van der Waals surface area contributed by atoms with Crippen molar-refractivity contribution in [2.45, 2.75) is 37.5 Å². The molecule has 0 aliphatic carbocycles. The van der Waals surface area contributed by atoms with Gasteiger partial charge in [0, 0.05) is 18.0 Å². The lowest BCUT2D eigenvalue weighted by molar-refractivity contribution is -0.130. The summed E-state index contributed by atoms with van der Waals surface area (Å²) in [6, 6.07) is 20.7. The highest BCUT2D eigenvalue weighted by atomic mass is 32.1. The van der Waals surface area contributed by atoms with E-state index in [1.54, 1.807) is 36.5 Å². The molecule has 1 heterocycles. The van der Waals surface area contributed by atoms with E-state index in [0.717, 1.165) is 23.4 Å². The Labute approximate surface area is 185 Å². The van der Waals surface area contributed by atoms with Crippen LogP contribution in [0.1, 0.15) is 53.0 Å². The van der Waals surface area contributed by atoms with Crippen molar-refractivity contribution in [1.82, 2.24) is 10.5 Å². The van der Waals surface area contributed by atoms with Crippen molar-refractivity contribution in [1.29, 1.82) is 5.26 Å². The number of hydrogen-bond donors (Lipinski definition) is 1. The van der Waals surface area contributed by atoms with E-state index in [-0.39, 0.29) is 12.3 Å². The molecule has 0 aliphatic heterocycles. The van der Waals surface area contributed by atoms with Gasteiger partial charge in [-0.2, -0.15) is 10.7 Å². The first-order valence-electron chi connectivity index (χ1n) is 10.1. The van der Waals surface area contributed by atoms with Crippen LogP contribution in [0, 0.1) is 11.3 Å². The van der Waals surface area contributed by atoms with Crippen molar-refractivity contribution >= 4 is 23.2 Å². The summed E-state index contributed by atoms with van der Waals surface area (Å²) in [4.78, 5) is 33.0. The van der Waals surface area contributed by atoms with Crippen LogP contribution in [0.15, 0.2) is 72.2 Å². The second-order valence-electron chi connectivity index (χ2n) is 7.06. The maximum absolute atomic E-state index is 12.0. The average molecular weight is 434 g/mol. The van der Waals surface area contributed by atoms with Gasteiger partial charge in [0.05, 0.1) is 11.6 Å². The van der Waals surface area contributed by atoms with Crippen molar-refractivity contribution in [2.75, 3.05) is 0 Å². The van der Waals surface area contributed by atoms with E-state index in [4.69, 9.17) is 4.84 Å². The summed E-state index contributed by atoms with van der Waals surface area (Å²) in [7, 11) is 0. The lowest BCUT2D eigenvalue weighted by atomic mass is 9.78. The molecule has 0 saturated carbocycles. The molecule has 0 radical (unpaired) electrons. The molecule has 1 amide bonds. The van der Waals surface area contributed by atoms with Crippen LogP contribution in [0.4, 0.5) is 0 Å². The van der Waals surface area contributed by atoms with E-state index in [1.807, 2.05) is 35.7 Å². The second-order valence-corrected chi connectivity index (χ2v) is 7.96. The van der Waals surface area contributed by atoms with Crippen LogP contribution in [0.2, 0.25) is 0 Å². The molecule has 3 rings (SSSR count).